The molecule has 0 radical (unpaired) electrons. The van der Waals surface area contributed by atoms with Crippen LogP contribution in [0.3, 0.4) is 0 Å². The first-order valence-electron chi connectivity index (χ1n) is 24.8. The minimum atomic E-state index is -5.25. The average molecular weight is 1010 g/mol. The van der Waals surface area contributed by atoms with Crippen LogP contribution in [0.4, 0.5) is 26.3 Å². The Kier molecular flexibility index (Phi) is 11.4. The molecule has 0 saturated heterocycles. The number of nitrogens with zero attached hydrogens (tertiary/aromatic N) is 3. The molecule has 370 valence electrons. The minimum absolute atomic E-state index is 0.0253. The zero-order valence-corrected chi connectivity index (χ0v) is 41.7. The van der Waals surface area contributed by atoms with Crippen molar-refractivity contribution in [2.45, 2.75) is 40.0 Å². The van der Waals surface area contributed by atoms with Gasteiger partial charge < -0.3 is 9.13 Å². The summed E-state index contributed by atoms with van der Waals surface area (Å²) >= 11 is 0. The van der Waals surface area contributed by atoms with Gasteiger partial charge in [-0.15, -0.1) is 0 Å². The van der Waals surface area contributed by atoms with Crippen molar-refractivity contribution in [2.24, 2.45) is 0 Å². The fourth-order valence-electron chi connectivity index (χ4n) is 11.2. The van der Waals surface area contributed by atoms with E-state index in [1.165, 1.54) is 12.1 Å². The van der Waals surface area contributed by atoms with Gasteiger partial charge in [-0.1, -0.05) is 150 Å². The van der Waals surface area contributed by atoms with Gasteiger partial charge in [-0.05, 0) is 145 Å². The molecule has 0 aliphatic carbocycles. The van der Waals surface area contributed by atoms with E-state index in [0.717, 1.165) is 72.8 Å². The van der Waals surface area contributed by atoms with Gasteiger partial charge >= 0.3 is 12.4 Å². The number of fused-ring (bicyclic) bond motifs is 6. The van der Waals surface area contributed by atoms with Crippen LogP contribution in [0.1, 0.15) is 38.9 Å². The largest absolute Gasteiger partial charge is 0.417 e. The topological polar surface area (TPSA) is 33.6 Å². The molecular weight excluding hydrogens is 961 g/mol. The smallest absolute Gasteiger partial charge is 0.308 e. The molecule has 2 heterocycles. The highest BCUT2D eigenvalue weighted by molar-refractivity contribution is 6.14. The lowest BCUT2D eigenvalue weighted by atomic mass is 9.89. The average Bonchev–Trinajstić information content (AvgIpc) is 4.09. The SMILES string of the molecule is Cc1cccc(-c2ccc3c(c2)c2cc(-c4cccc(C)c4)ccc2n3-c2cc(C#N)cc(-n3c4ccc(-c5cccc(C)c5)cc4c4cc(-c5cccc(C)c5)ccc43)c2-c2c(C(F)(F)F)cccc2C(F)(F)F)c1. The van der Waals surface area contributed by atoms with Crippen molar-refractivity contribution in [3.63, 3.8) is 0 Å². The predicted molar refractivity (Wildman–Crippen MR) is 296 cm³/mol. The van der Waals surface area contributed by atoms with Gasteiger partial charge in [-0.25, -0.2) is 0 Å². The van der Waals surface area contributed by atoms with Gasteiger partial charge in [0.15, 0.2) is 0 Å². The van der Waals surface area contributed by atoms with Crippen LogP contribution in [0.2, 0.25) is 0 Å². The first-order chi connectivity index (χ1) is 36.5. The molecule has 0 spiro atoms. The van der Waals surface area contributed by atoms with Gasteiger partial charge in [0.2, 0.25) is 0 Å². The Hall–Kier alpha value is -9.13. The summed E-state index contributed by atoms with van der Waals surface area (Å²) in [5.41, 5.74) is 9.03. The maximum atomic E-state index is 15.9. The van der Waals surface area contributed by atoms with Crippen LogP contribution in [-0.4, -0.2) is 9.13 Å². The van der Waals surface area contributed by atoms with Crippen molar-refractivity contribution in [3.8, 4) is 73.1 Å². The van der Waals surface area contributed by atoms with E-state index in [2.05, 4.69) is 30.3 Å². The van der Waals surface area contributed by atoms with E-state index in [-0.39, 0.29) is 22.5 Å². The minimum Gasteiger partial charge on any atom is -0.308 e. The summed E-state index contributed by atoms with van der Waals surface area (Å²) in [4.78, 5) is 0. The zero-order chi connectivity index (χ0) is 52.8. The number of nitriles is 1. The second kappa shape index (κ2) is 18.1. The van der Waals surface area contributed by atoms with E-state index in [9.17, 15) is 5.26 Å². The molecular formula is C67H45F6N3. The second-order valence-electron chi connectivity index (χ2n) is 19.8. The van der Waals surface area contributed by atoms with Gasteiger partial charge in [-0.2, -0.15) is 31.6 Å². The third-order valence-electron chi connectivity index (χ3n) is 14.6. The fourth-order valence-corrected chi connectivity index (χ4v) is 11.2. The number of alkyl halides is 6. The van der Waals surface area contributed by atoms with E-state index in [1.54, 1.807) is 9.13 Å². The van der Waals surface area contributed by atoms with Gasteiger partial charge in [-0.3, -0.25) is 0 Å². The Labute approximate surface area is 434 Å². The van der Waals surface area contributed by atoms with Crippen molar-refractivity contribution in [3.05, 3.63) is 239 Å². The van der Waals surface area contributed by atoms with Crippen molar-refractivity contribution in [1.82, 2.24) is 9.13 Å². The Morgan fingerprint density at radius 3 is 0.868 bits per heavy atom. The van der Waals surface area contributed by atoms with E-state index in [4.69, 9.17) is 0 Å². The van der Waals surface area contributed by atoms with Crippen LogP contribution in [0, 0.1) is 39.0 Å². The molecule has 0 amide bonds. The first-order valence-corrected chi connectivity index (χ1v) is 24.8. The normalized spacial score (nSPS) is 12.1. The molecule has 2 aromatic heterocycles. The van der Waals surface area contributed by atoms with Crippen LogP contribution in [0.5, 0.6) is 0 Å². The molecule has 12 rings (SSSR count). The molecule has 0 N–H and O–H groups in total. The van der Waals surface area contributed by atoms with Gasteiger partial charge in [0, 0.05) is 32.7 Å². The maximum Gasteiger partial charge on any atom is 0.417 e. The number of rotatable bonds is 7. The molecule has 0 fully saturated rings. The summed E-state index contributed by atoms with van der Waals surface area (Å²) in [5, 5.41) is 13.9. The van der Waals surface area contributed by atoms with E-state index in [0.29, 0.717) is 55.7 Å². The van der Waals surface area contributed by atoms with Crippen LogP contribution in [0.25, 0.3) is 111 Å². The molecule has 0 unspecified atom stereocenters. The van der Waals surface area contributed by atoms with E-state index in [1.807, 2.05) is 173 Å². The zero-order valence-electron chi connectivity index (χ0n) is 41.7. The highest BCUT2D eigenvalue weighted by Gasteiger charge is 2.43. The van der Waals surface area contributed by atoms with Crippen LogP contribution < -0.4 is 0 Å². The van der Waals surface area contributed by atoms with Crippen LogP contribution in [-0.2, 0) is 12.4 Å². The summed E-state index contributed by atoms with van der Waals surface area (Å²) in [6.07, 6.45) is -10.5. The molecule has 0 bridgehead atoms. The molecule has 10 aromatic carbocycles. The van der Waals surface area contributed by atoms with Crippen molar-refractivity contribution < 1.29 is 26.3 Å². The Morgan fingerprint density at radius 1 is 0.329 bits per heavy atom. The van der Waals surface area contributed by atoms with Crippen molar-refractivity contribution >= 4 is 43.6 Å². The predicted octanol–water partition coefficient (Wildman–Crippen LogP) is 19.4. The monoisotopic (exact) mass is 1010 g/mol. The number of aromatic nitrogens is 2. The molecule has 9 heteroatoms. The lowest BCUT2D eigenvalue weighted by Gasteiger charge is -2.25. The molecule has 0 saturated carbocycles. The lowest BCUT2D eigenvalue weighted by molar-refractivity contribution is -0.142. The van der Waals surface area contributed by atoms with Crippen LogP contribution >= 0.6 is 0 Å². The highest BCUT2D eigenvalue weighted by atomic mass is 19.4. The Morgan fingerprint density at radius 2 is 0.605 bits per heavy atom. The maximum absolute atomic E-state index is 15.9. The quantitative estimate of drug-likeness (QED) is 0.147. The molecule has 0 atom stereocenters. The van der Waals surface area contributed by atoms with Crippen molar-refractivity contribution in [2.75, 3.05) is 0 Å². The molecule has 12 aromatic rings. The van der Waals surface area contributed by atoms with E-state index >= 15 is 26.3 Å². The molecule has 0 aliphatic rings. The van der Waals surface area contributed by atoms with E-state index < -0.39 is 29.0 Å². The number of aryl methyl sites for hydroxylation is 4. The fraction of sp³-hybridized carbons (Fsp3) is 0.0896. The summed E-state index contributed by atoms with van der Waals surface area (Å²) in [5.74, 6) is 0. The standard InChI is InChI=1S/C67H45F6N3/c1-39-10-5-14-44(28-39)48-20-24-58-52(34-48)53-35-49(45-15-6-11-40(2)29-45)21-25-59(53)75(58)62-32-43(38-74)33-63(65(62)64-56(66(68,69)70)18-9-19-57(64)67(71,72)73)76-60-26-22-50(46-16-7-12-41(3)30-46)36-54(60)55-37-51(23-27-61(55)76)47-17-8-13-42(4)31-47/h5-37H,1-4H3. The van der Waals surface area contributed by atoms with Gasteiger partial charge in [0.25, 0.3) is 0 Å². The van der Waals surface area contributed by atoms with Crippen LogP contribution in [0.15, 0.2) is 200 Å². The second-order valence-corrected chi connectivity index (χ2v) is 19.8. The van der Waals surface area contributed by atoms with Crippen molar-refractivity contribution in [1.29, 1.82) is 5.26 Å². The molecule has 0 aliphatic heterocycles. The number of benzene rings is 10. The van der Waals surface area contributed by atoms with Gasteiger partial charge in [0.1, 0.15) is 0 Å². The molecule has 76 heavy (non-hydrogen) atoms. The number of hydrogen-bond acceptors (Lipinski definition) is 1. The first kappa shape index (κ1) is 47.8. The number of hydrogen-bond donors (Lipinski definition) is 0. The number of halogens is 6. The summed E-state index contributed by atoms with van der Waals surface area (Å²) in [7, 11) is 0. The highest BCUT2D eigenvalue weighted by Crippen LogP contribution is 2.51. The third-order valence-corrected chi connectivity index (χ3v) is 14.6. The summed E-state index contributed by atoms with van der Waals surface area (Å²) < 4.78 is 98.9. The summed E-state index contributed by atoms with van der Waals surface area (Å²) in [6, 6.07) is 62.6. The third kappa shape index (κ3) is 8.27. The van der Waals surface area contributed by atoms with Gasteiger partial charge in [0.05, 0.1) is 56.2 Å². The summed E-state index contributed by atoms with van der Waals surface area (Å²) in [6.45, 7) is 8.00. The Bertz CT molecular complexity index is 3920. The lowest BCUT2D eigenvalue weighted by Crippen LogP contribution is -2.16. The molecule has 3 nitrogen and oxygen atoms in total. The Balaban J connectivity index is 1.26.